The fraction of sp³-hybridized carbons (Fsp3) is 0.500. The van der Waals surface area contributed by atoms with Gasteiger partial charge in [0.25, 0.3) is 5.91 Å². The highest BCUT2D eigenvalue weighted by molar-refractivity contribution is 9.10. The predicted molar refractivity (Wildman–Crippen MR) is 80.3 cm³/mol. The zero-order valence-corrected chi connectivity index (χ0v) is 13.2. The lowest BCUT2D eigenvalue weighted by Crippen LogP contribution is -2.43. The van der Waals surface area contributed by atoms with Crippen molar-refractivity contribution in [2.45, 2.75) is 31.6 Å². The van der Waals surface area contributed by atoms with E-state index in [4.69, 9.17) is 0 Å². The fourth-order valence-electron chi connectivity index (χ4n) is 2.45. The van der Waals surface area contributed by atoms with Crippen molar-refractivity contribution in [3.63, 3.8) is 0 Å². The van der Waals surface area contributed by atoms with Crippen LogP contribution in [0, 0.1) is 5.41 Å². The summed E-state index contributed by atoms with van der Waals surface area (Å²) in [5.41, 5.74) is 0.916. The molecular weight excluding hydrogens is 310 g/mol. The molecule has 2 rings (SSSR count). The second kappa shape index (κ2) is 5.25. The first-order chi connectivity index (χ1) is 8.39. The maximum absolute atomic E-state index is 12.5. The molecule has 1 aliphatic heterocycles. The lowest BCUT2D eigenvalue weighted by Gasteiger charge is -2.38. The van der Waals surface area contributed by atoms with Gasteiger partial charge in [-0.05, 0) is 36.5 Å². The van der Waals surface area contributed by atoms with Gasteiger partial charge in [0.2, 0.25) is 0 Å². The van der Waals surface area contributed by atoms with Crippen LogP contribution in [0.15, 0.2) is 27.6 Å². The number of rotatable bonds is 1. The molecule has 18 heavy (non-hydrogen) atoms. The highest BCUT2D eigenvalue weighted by Crippen LogP contribution is 2.30. The summed E-state index contributed by atoms with van der Waals surface area (Å²) in [5.74, 6) is 0.0975. The van der Waals surface area contributed by atoms with Crippen molar-refractivity contribution in [3.05, 3.63) is 28.2 Å². The van der Waals surface area contributed by atoms with Gasteiger partial charge in [-0.15, -0.1) is 12.6 Å². The van der Waals surface area contributed by atoms with Crippen LogP contribution in [-0.2, 0) is 0 Å². The predicted octanol–water partition coefficient (Wildman–Crippen LogP) is 4.00. The van der Waals surface area contributed by atoms with Crippen molar-refractivity contribution in [2.24, 2.45) is 5.41 Å². The summed E-state index contributed by atoms with van der Waals surface area (Å²) in [6.07, 6.45) is 2.27. The SMILES string of the molecule is CC1(C)CCCN(C(=O)c2ccc(Br)cc2S)C1. The molecule has 1 amide bonds. The number of carbonyl (C=O) groups is 1. The second-order valence-electron chi connectivity index (χ2n) is 5.66. The highest BCUT2D eigenvalue weighted by Gasteiger charge is 2.30. The molecule has 0 spiro atoms. The van der Waals surface area contributed by atoms with Crippen molar-refractivity contribution >= 4 is 34.5 Å². The number of thiol groups is 1. The van der Waals surface area contributed by atoms with Gasteiger partial charge in [-0.2, -0.15) is 0 Å². The number of benzene rings is 1. The van der Waals surface area contributed by atoms with E-state index in [1.165, 1.54) is 6.42 Å². The number of amides is 1. The summed E-state index contributed by atoms with van der Waals surface area (Å²) in [6.45, 7) is 6.12. The molecule has 1 fully saturated rings. The van der Waals surface area contributed by atoms with Crippen molar-refractivity contribution in [2.75, 3.05) is 13.1 Å². The minimum Gasteiger partial charge on any atom is -0.338 e. The smallest absolute Gasteiger partial charge is 0.254 e. The van der Waals surface area contributed by atoms with Gasteiger partial charge >= 0.3 is 0 Å². The van der Waals surface area contributed by atoms with Crippen LogP contribution in [0.5, 0.6) is 0 Å². The molecule has 0 unspecified atom stereocenters. The molecule has 98 valence electrons. The summed E-state index contributed by atoms with van der Waals surface area (Å²) >= 11 is 7.78. The third kappa shape index (κ3) is 3.09. The van der Waals surface area contributed by atoms with Crippen molar-refractivity contribution < 1.29 is 4.79 Å². The molecule has 0 N–H and O–H groups in total. The Hall–Kier alpha value is -0.480. The van der Waals surface area contributed by atoms with Crippen molar-refractivity contribution in [1.82, 2.24) is 4.90 Å². The maximum Gasteiger partial charge on any atom is 0.254 e. The Morgan fingerprint density at radius 3 is 2.78 bits per heavy atom. The van der Waals surface area contributed by atoms with Crippen LogP contribution in [0.4, 0.5) is 0 Å². The van der Waals surface area contributed by atoms with Gasteiger partial charge in [-0.25, -0.2) is 0 Å². The number of hydrogen-bond donors (Lipinski definition) is 1. The minimum absolute atomic E-state index is 0.0975. The van der Waals surface area contributed by atoms with Crippen molar-refractivity contribution in [3.8, 4) is 0 Å². The Morgan fingerprint density at radius 2 is 2.17 bits per heavy atom. The van der Waals surface area contributed by atoms with E-state index in [2.05, 4.69) is 42.4 Å². The van der Waals surface area contributed by atoms with Gasteiger partial charge in [0, 0.05) is 22.5 Å². The number of halogens is 1. The molecule has 0 bridgehead atoms. The Balaban J connectivity index is 2.20. The highest BCUT2D eigenvalue weighted by atomic mass is 79.9. The summed E-state index contributed by atoms with van der Waals surface area (Å²) in [6, 6.07) is 5.60. The number of carbonyl (C=O) groups excluding carboxylic acids is 1. The molecule has 0 aliphatic carbocycles. The van der Waals surface area contributed by atoms with E-state index in [-0.39, 0.29) is 11.3 Å². The van der Waals surface area contributed by atoms with Gasteiger partial charge in [0.15, 0.2) is 0 Å². The van der Waals surface area contributed by atoms with E-state index >= 15 is 0 Å². The van der Waals surface area contributed by atoms with Gasteiger partial charge < -0.3 is 4.90 Å². The third-order valence-corrected chi connectivity index (χ3v) is 4.24. The topological polar surface area (TPSA) is 20.3 Å². The van der Waals surface area contributed by atoms with Crippen LogP contribution < -0.4 is 0 Å². The molecule has 1 heterocycles. The average Bonchev–Trinajstić information content (AvgIpc) is 2.27. The number of hydrogen-bond acceptors (Lipinski definition) is 2. The number of piperidine rings is 1. The van der Waals surface area contributed by atoms with E-state index in [0.717, 1.165) is 28.9 Å². The van der Waals surface area contributed by atoms with E-state index in [0.29, 0.717) is 5.56 Å². The second-order valence-corrected chi connectivity index (χ2v) is 7.05. The Kier molecular flexibility index (Phi) is 4.07. The first kappa shape index (κ1) is 13.9. The third-order valence-electron chi connectivity index (χ3n) is 3.38. The van der Waals surface area contributed by atoms with Gasteiger partial charge in [0.1, 0.15) is 0 Å². The normalized spacial score (nSPS) is 18.8. The molecule has 1 aromatic rings. The zero-order chi connectivity index (χ0) is 13.3. The quantitative estimate of drug-likeness (QED) is 0.773. The molecule has 1 aliphatic rings. The first-order valence-electron chi connectivity index (χ1n) is 6.17. The van der Waals surface area contributed by atoms with Crippen LogP contribution in [-0.4, -0.2) is 23.9 Å². The van der Waals surface area contributed by atoms with E-state index in [1.807, 2.05) is 23.1 Å². The summed E-state index contributed by atoms with van der Waals surface area (Å²) < 4.78 is 0.947. The summed E-state index contributed by atoms with van der Waals surface area (Å²) in [7, 11) is 0. The lowest BCUT2D eigenvalue weighted by molar-refractivity contribution is 0.0580. The largest absolute Gasteiger partial charge is 0.338 e. The van der Waals surface area contributed by atoms with E-state index < -0.39 is 0 Å². The fourth-order valence-corrected chi connectivity index (χ4v) is 3.30. The van der Waals surface area contributed by atoms with Crippen LogP contribution >= 0.6 is 28.6 Å². The molecule has 0 atom stereocenters. The Labute approximate surface area is 122 Å². The zero-order valence-electron chi connectivity index (χ0n) is 10.7. The van der Waals surface area contributed by atoms with Crippen LogP contribution in [0.1, 0.15) is 37.0 Å². The molecule has 1 aromatic carbocycles. The minimum atomic E-state index is 0.0975. The summed E-state index contributed by atoms with van der Waals surface area (Å²) in [4.78, 5) is 15.2. The van der Waals surface area contributed by atoms with E-state index in [1.54, 1.807) is 0 Å². The lowest BCUT2D eigenvalue weighted by atomic mass is 9.84. The Bertz CT molecular complexity index is 473. The van der Waals surface area contributed by atoms with Gasteiger partial charge in [0.05, 0.1) is 5.56 Å². The Morgan fingerprint density at radius 1 is 1.44 bits per heavy atom. The molecular formula is C14H18BrNOS. The number of nitrogens with zero attached hydrogens (tertiary/aromatic N) is 1. The van der Waals surface area contributed by atoms with Crippen LogP contribution in [0.2, 0.25) is 0 Å². The van der Waals surface area contributed by atoms with Gasteiger partial charge in [-0.3, -0.25) is 4.79 Å². The number of likely N-dealkylation sites (tertiary alicyclic amines) is 1. The van der Waals surface area contributed by atoms with Crippen molar-refractivity contribution in [1.29, 1.82) is 0 Å². The van der Waals surface area contributed by atoms with Gasteiger partial charge in [-0.1, -0.05) is 29.8 Å². The molecule has 0 saturated carbocycles. The standard InChI is InChI=1S/C14H18BrNOS/c1-14(2)6-3-7-16(9-14)13(17)11-5-4-10(15)8-12(11)18/h4-5,8,18H,3,6-7,9H2,1-2H3. The molecule has 2 nitrogen and oxygen atoms in total. The molecule has 1 saturated heterocycles. The average molecular weight is 328 g/mol. The molecule has 0 aromatic heterocycles. The van der Waals surface area contributed by atoms with E-state index in [9.17, 15) is 4.79 Å². The molecule has 4 heteroatoms. The summed E-state index contributed by atoms with van der Waals surface area (Å²) in [5, 5.41) is 0. The monoisotopic (exact) mass is 327 g/mol. The molecule has 0 radical (unpaired) electrons. The first-order valence-corrected chi connectivity index (χ1v) is 7.41. The van der Waals surface area contributed by atoms with Crippen LogP contribution in [0.25, 0.3) is 0 Å². The maximum atomic E-state index is 12.5. The van der Waals surface area contributed by atoms with Crippen LogP contribution in [0.3, 0.4) is 0 Å².